The Labute approximate surface area is 83.3 Å². The molecule has 0 saturated carbocycles. The summed E-state index contributed by atoms with van der Waals surface area (Å²) in [6.45, 7) is 3.97. The van der Waals surface area contributed by atoms with Gasteiger partial charge in [0.1, 0.15) is 0 Å². The van der Waals surface area contributed by atoms with Crippen LogP contribution in [-0.2, 0) is 0 Å². The summed E-state index contributed by atoms with van der Waals surface area (Å²) < 4.78 is 5.05. The maximum absolute atomic E-state index is 8.79. The van der Waals surface area contributed by atoms with Crippen LogP contribution in [0.1, 0.15) is 50.4 Å². The van der Waals surface area contributed by atoms with E-state index in [2.05, 4.69) is 17.1 Å². The van der Waals surface area contributed by atoms with Crippen molar-refractivity contribution in [3.05, 3.63) is 11.7 Å². The Bertz CT molecular complexity index is 275. The van der Waals surface area contributed by atoms with Gasteiger partial charge < -0.3 is 15.4 Å². The predicted molar refractivity (Wildman–Crippen MR) is 51.6 cm³/mol. The number of aromatic nitrogens is 2. The molecule has 0 radical (unpaired) electrons. The Morgan fingerprint density at radius 3 is 2.86 bits per heavy atom. The number of nitrogens with zero attached hydrogens (tertiary/aromatic N) is 2. The van der Waals surface area contributed by atoms with Crippen LogP contribution < -0.4 is 5.73 Å². The van der Waals surface area contributed by atoms with Crippen molar-refractivity contribution >= 4 is 0 Å². The van der Waals surface area contributed by atoms with Gasteiger partial charge in [-0.1, -0.05) is 25.4 Å². The number of aliphatic hydroxyl groups excluding tert-OH is 1. The van der Waals surface area contributed by atoms with Gasteiger partial charge in [-0.25, -0.2) is 0 Å². The highest BCUT2D eigenvalue weighted by Gasteiger charge is 2.16. The highest BCUT2D eigenvalue weighted by molar-refractivity contribution is 4.96. The van der Waals surface area contributed by atoms with Crippen molar-refractivity contribution < 1.29 is 9.63 Å². The molecule has 0 amide bonds. The molecule has 0 aliphatic heterocycles. The fourth-order valence-electron chi connectivity index (χ4n) is 1.24. The minimum Gasteiger partial charge on any atom is -0.394 e. The molecule has 2 unspecified atom stereocenters. The SMILES string of the molecule is CCCC(C)c1nc(C(N)CO)no1. The molecule has 0 aromatic carbocycles. The van der Waals surface area contributed by atoms with E-state index >= 15 is 0 Å². The minimum absolute atomic E-state index is 0.166. The molecule has 1 aromatic rings. The monoisotopic (exact) mass is 199 g/mol. The number of rotatable bonds is 5. The lowest BCUT2D eigenvalue weighted by molar-refractivity contribution is 0.259. The zero-order valence-corrected chi connectivity index (χ0v) is 8.60. The van der Waals surface area contributed by atoms with Crippen molar-refractivity contribution in [3.63, 3.8) is 0 Å². The maximum atomic E-state index is 8.79. The lowest BCUT2D eigenvalue weighted by Crippen LogP contribution is -2.16. The average molecular weight is 199 g/mol. The van der Waals surface area contributed by atoms with Crippen LogP contribution in [0.2, 0.25) is 0 Å². The van der Waals surface area contributed by atoms with Crippen molar-refractivity contribution in [2.45, 2.75) is 38.6 Å². The van der Waals surface area contributed by atoms with Gasteiger partial charge in [-0.05, 0) is 6.42 Å². The molecular weight excluding hydrogens is 182 g/mol. The minimum atomic E-state index is -0.540. The second-order valence-electron chi connectivity index (χ2n) is 3.47. The molecule has 1 heterocycles. The number of hydrogen-bond donors (Lipinski definition) is 2. The van der Waals surface area contributed by atoms with Crippen LogP contribution in [0.15, 0.2) is 4.52 Å². The molecule has 3 N–H and O–H groups in total. The maximum Gasteiger partial charge on any atom is 0.229 e. The van der Waals surface area contributed by atoms with E-state index in [1.807, 2.05) is 6.92 Å². The Morgan fingerprint density at radius 2 is 2.29 bits per heavy atom. The molecule has 0 fully saturated rings. The third kappa shape index (κ3) is 2.52. The number of aliphatic hydroxyl groups is 1. The predicted octanol–water partition coefficient (Wildman–Crippen LogP) is 0.965. The highest BCUT2D eigenvalue weighted by atomic mass is 16.5. The summed E-state index contributed by atoms with van der Waals surface area (Å²) in [4.78, 5) is 4.14. The first-order chi connectivity index (χ1) is 6.69. The third-order valence-electron chi connectivity index (χ3n) is 2.13. The summed E-state index contributed by atoms with van der Waals surface area (Å²) in [5, 5.41) is 12.5. The standard InChI is InChI=1S/C9H17N3O2/c1-3-4-6(2)9-11-8(12-14-9)7(10)5-13/h6-7,13H,3-5,10H2,1-2H3. The van der Waals surface area contributed by atoms with E-state index < -0.39 is 6.04 Å². The molecule has 1 aromatic heterocycles. The van der Waals surface area contributed by atoms with E-state index in [1.165, 1.54) is 0 Å². The Kier molecular flexibility index (Phi) is 4.03. The summed E-state index contributed by atoms with van der Waals surface area (Å²) in [5.74, 6) is 1.24. The average Bonchev–Trinajstić information content (AvgIpc) is 2.66. The van der Waals surface area contributed by atoms with E-state index in [9.17, 15) is 0 Å². The first-order valence-corrected chi connectivity index (χ1v) is 4.89. The van der Waals surface area contributed by atoms with E-state index in [0.717, 1.165) is 12.8 Å². The van der Waals surface area contributed by atoms with Crippen molar-refractivity contribution in [1.82, 2.24) is 10.1 Å². The summed E-state index contributed by atoms with van der Waals surface area (Å²) in [6, 6.07) is -0.540. The Hall–Kier alpha value is -0.940. The molecule has 0 aliphatic carbocycles. The number of nitrogens with two attached hydrogens (primary N) is 1. The van der Waals surface area contributed by atoms with Crippen LogP contribution in [0.4, 0.5) is 0 Å². The van der Waals surface area contributed by atoms with Crippen LogP contribution in [0.25, 0.3) is 0 Å². The van der Waals surface area contributed by atoms with Gasteiger partial charge in [0.25, 0.3) is 0 Å². The highest BCUT2D eigenvalue weighted by Crippen LogP contribution is 2.19. The first-order valence-electron chi connectivity index (χ1n) is 4.89. The smallest absolute Gasteiger partial charge is 0.229 e. The summed E-state index contributed by atoms with van der Waals surface area (Å²) in [6.07, 6.45) is 2.08. The Morgan fingerprint density at radius 1 is 1.57 bits per heavy atom. The zero-order valence-electron chi connectivity index (χ0n) is 8.60. The molecule has 0 spiro atoms. The third-order valence-corrected chi connectivity index (χ3v) is 2.13. The summed E-state index contributed by atoms with van der Waals surface area (Å²) in [5.41, 5.74) is 5.55. The molecule has 80 valence electrons. The first kappa shape index (κ1) is 11.1. The van der Waals surface area contributed by atoms with Crippen LogP contribution >= 0.6 is 0 Å². The van der Waals surface area contributed by atoms with Crippen LogP contribution in [0.5, 0.6) is 0 Å². The van der Waals surface area contributed by atoms with E-state index in [1.54, 1.807) is 0 Å². The molecule has 5 heteroatoms. The zero-order chi connectivity index (χ0) is 10.6. The normalized spacial score (nSPS) is 15.4. The second kappa shape index (κ2) is 5.07. The van der Waals surface area contributed by atoms with Gasteiger partial charge in [-0.2, -0.15) is 4.98 Å². The molecule has 14 heavy (non-hydrogen) atoms. The number of hydrogen-bond acceptors (Lipinski definition) is 5. The van der Waals surface area contributed by atoms with Gasteiger partial charge >= 0.3 is 0 Å². The van der Waals surface area contributed by atoms with Gasteiger partial charge in [0, 0.05) is 5.92 Å². The van der Waals surface area contributed by atoms with Gasteiger partial charge in [0.05, 0.1) is 12.6 Å². The quantitative estimate of drug-likeness (QED) is 0.737. The van der Waals surface area contributed by atoms with E-state index in [0.29, 0.717) is 11.7 Å². The van der Waals surface area contributed by atoms with Gasteiger partial charge in [0.2, 0.25) is 5.89 Å². The molecule has 0 saturated heterocycles. The van der Waals surface area contributed by atoms with Crippen LogP contribution in [0, 0.1) is 0 Å². The molecule has 2 atom stereocenters. The van der Waals surface area contributed by atoms with E-state index in [4.69, 9.17) is 15.4 Å². The largest absolute Gasteiger partial charge is 0.394 e. The van der Waals surface area contributed by atoms with Gasteiger partial charge in [-0.15, -0.1) is 0 Å². The lowest BCUT2D eigenvalue weighted by atomic mass is 10.1. The van der Waals surface area contributed by atoms with Crippen molar-refractivity contribution in [2.24, 2.45) is 5.73 Å². The molecule has 5 nitrogen and oxygen atoms in total. The second-order valence-corrected chi connectivity index (χ2v) is 3.47. The van der Waals surface area contributed by atoms with Crippen LogP contribution in [0.3, 0.4) is 0 Å². The molecule has 0 bridgehead atoms. The van der Waals surface area contributed by atoms with Gasteiger partial charge in [0.15, 0.2) is 5.82 Å². The van der Waals surface area contributed by atoms with Crippen molar-refractivity contribution in [3.8, 4) is 0 Å². The molecular formula is C9H17N3O2. The topological polar surface area (TPSA) is 85.2 Å². The fraction of sp³-hybridized carbons (Fsp3) is 0.778. The molecule has 1 rings (SSSR count). The van der Waals surface area contributed by atoms with Crippen LogP contribution in [-0.4, -0.2) is 21.9 Å². The van der Waals surface area contributed by atoms with Crippen molar-refractivity contribution in [1.29, 1.82) is 0 Å². The summed E-state index contributed by atoms with van der Waals surface area (Å²) in [7, 11) is 0. The Balaban J connectivity index is 2.67. The van der Waals surface area contributed by atoms with E-state index in [-0.39, 0.29) is 12.5 Å². The van der Waals surface area contributed by atoms with Gasteiger partial charge in [-0.3, -0.25) is 0 Å². The fourth-order valence-corrected chi connectivity index (χ4v) is 1.24. The molecule has 0 aliphatic rings. The lowest BCUT2D eigenvalue weighted by Gasteiger charge is -2.02. The van der Waals surface area contributed by atoms with Crippen molar-refractivity contribution in [2.75, 3.05) is 6.61 Å². The summed E-state index contributed by atoms with van der Waals surface area (Å²) >= 11 is 0.